The molecule has 4 N–H and O–H groups in total. The Hall–Kier alpha value is -1.88. The van der Waals surface area contributed by atoms with E-state index in [1.165, 1.54) is 0 Å². The molecule has 0 saturated carbocycles. The largest absolute Gasteiger partial charge is 0.368 e. The topological polar surface area (TPSA) is 95.4 Å². The number of hydrogen-bond donors (Lipinski definition) is 2. The van der Waals surface area contributed by atoms with Gasteiger partial charge in [-0.2, -0.15) is 0 Å². The Morgan fingerprint density at radius 1 is 1.24 bits per heavy atom. The number of carbonyl (C=O) groups excluding carboxylic acids is 2. The Balaban J connectivity index is 3.09. The summed E-state index contributed by atoms with van der Waals surface area (Å²) in [5.41, 5.74) is 9.73. The van der Waals surface area contributed by atoms with Crippen LogP contribution in [0.15, 0.2) is 30.3 Å². The lowest BCUT2D eigenvalue weighted by Crippen LogP contribution is -2.44. The molecule has 0 aromatic heterocycles. The van der Waals surface area contributed by atoms with E-state index in [1.54, 1.807) is 31.2 Å². The third kappa shape index (κ3) is 2.82. The summed E-state index contributed by atoms with van der Waals surface area (Å²) in [6.07, 6.45) is 0.333. The average Bonchev–Trinajstić information content (AvgIpc) is 2.31. The highest BCUT2D eigenvalue weighted by Gasteiger charge is 2.38. The molecule has 0 saturated heterocycles. The van der Waals surface area contributed by atoms with Crippen molar-refractivity contribution < 1.29 is 14.3 Å². The van der Waals surface area contributed by atoms with E-state index >= 15 is 0 Å². The molecule has 0 aliphatic rings. The molecule has 5 heteroatoms. The molecule has 0 fully saturated rings. The molecule has 0 heterocycles. The number of ether oxygens (including phenoxy) is 1. The zero-order valence-corrected chi connectivity index (χ0v) is 9.68. The van der Waals surface area contributed by atoms with E-state index in [1.807, 2.05) is 6.07 Å². The SMILES string of the molecule is CCC(OCC(N)=O)(C(N)=O)c1ccccc1. The molecule has 0 radical (unpaired) electrons. The lowest BCUT2D eigenvalue weighted by molar-refractivity contribution is -0.150. The van der Waals surface area contributed by atoms with E-state index in [0.717, 1.165) is 0 Å². The Morgan fingerprint density at radius 3 is 2.24 bits per heavy atom. The molecular weight excluding hydrogens is 220 g/mol. The molecule has 0 bridgehead atoms. The third-order valence-electron chi connectivity index (χ3n) is 2.60. The predicted octanol–water partition coefficient (Wildman–Crippen LogP) is 0.279. The van der Waals surface area contributed by atoms with Crippen LogP contribution in [0.3, 0.4) is 0 Å². The maximum absolute atomic E-state index is 11.6. The number of primary amides is 2. The van der Waals surface area contributed by atoms with E-state index < -0.39 is 17.4 Å². The van der Waals surface area contributed by atoms with Crippen molar-refractivity contribution in [2.75, 3.05) is 6.61 Å². The molecular formula is C12H16N2O3. The minimum atomic E-state index is -1.30. The number of rotatable bonds is 6. The lowest BCUT2D eigenvalue weighted by atomic mass is 9.90. The van der Waals surface area contributed by atoms with Gasteiger partial charge in [-0.15, -0.1) is 0 Å². The van der Waals surface area contributed by atoms with Crippen LogP contribution in [0.5, 0.6) is 0 Å². The summed E-state index contributed by atoms with van der Waals surface area (Å²) in [5.74, 6) is -1.27. The van der Waals surface area contributed by atoms with Crippen molar-refractivity contribution in [2.24, 2.45) is 11.5 Å². The van der Waals surface area contributed by atoms with Gasteiger partial charge in [0.05, 0.1) is 0 Å². The van der Waals surface area contributed by atoms with Crippen molar-refractivity contribution in [1.29, 1.82) is 0 Å². The van der Waals surface area contributed by atoms with Crippen molar-refractivity contribution in [2.45, 2.75) is 18.9 Å². The molecule has 5 nitrogen and oxygen atoms in total. The van der Waals surface area contributed by atoms with Crippen LogP contribution in [-0.4, -0.2) is 18.4 Å². The molecule has 1 rings (SSSR count). The highest BCUT2D eigenvalue weighted by molar-refractivity contribution is 5.85. The summed E-state index contributed by atoms with van der Waals surface area (Å²) in [5, 5.41) is 0. The van der Waals surface area contributed by atoms with Crippen molar-refractivity contribution in [3.63, 3.8) is 0 Å². The van der Waals surface area contributed by atoms with Crippen LogP contribution >= 0.6 is 0 Å². The normalized spacial score (nSPS) is 13.9. The van der Waals surface area contributed by atoms with Crippen LogP contribution in [0.25, 0.3) is 0 Å². The van der Waals surface area contributed by atoms with E-state index in [-0.39, 0.29) is 6.61 Å². The standard InChI is InChI=1S/C12H16N2O3/c1-2-12(11(14)16,17-8-10(13)15)9-6-4-3-5-7-9/h3-7H,2,8H2,1H3,(H2,13,15)(H2,14,16). The zero-order chi connectivity index (χ0) is 12.9. The Kier molecular flexibility index (Phi) is 4.23. The van der Waals surface area contributed by atoms with Gasteiger partial charge in [0, 0.05) is 0 Å². The van der Waals surface area contributed by atoms with Gasteiger partial charge in [-0.25, -0.2) is 0 Å². The van der Waals surface area contributed by atoms with Crippen LogP contribution in [0.1, 0.15) is 18.9 Å². The molecule has 2 amide bonds. The van der Waals surface area contributed by atoms with Crippen molar-refractivity contribution in [3.05, 3.63) is 35.9 Å². The number of hydrogen-bond acceptors (Lipinski definition) is 3. The number of benzene rings is 1. The van der Waals surface area contributed by atoms with E-state index in [0.29, 0.717) is 12.0 Å². The predicted molar refractivity (Wildman–Crippen MR) is 62.8 cm³/mol. The number of carbonyl (C=O) groups is 2. The first-order valence-electron chi connectivity index (χ1n) is 5.30. The second-order valence-corrected chi connectivity index (χ2v) is 3.67. The molecule has 0 aliphatic heterocycles. The second-order valence-electron chi connectivity index (χ2n) is 3.67. The van der Waals surface area contributed by atoms with E-state index in [2.05, 4.69) is 0 Å². The summed E-state index contributed by atoms with van der Waals surface area (Å²) in [7, 11) is 0. The minimum Gasteiger partial charge on any atom is -0.368 e. The monoisotopic (exact) mass is 236 g/mol. The summed E-state index contributed by atoms with van der Waals surface area (Å²) in [6.45, 7) is 1.42. The van der Waals surface area contributed by atoms with Crippen LogP contribution in [0.2, 0.25) is 0 Å². The molecule has 1 atom stereocenters. The summed E-state index contributed by atoms with van der Waals surface area (Å²) in [6, 6.07) is 8.83. The molecule has 17 heavy (non-hydrogen) atoms. The summed E-state index contributed by atoms with van der Waals surface area (Å²) >= 11 is 0. The molecule has 92 valence electrons. The summed E-state index contributed by atoms with van der Waals surface area (Å²) in [4.78, 5) is 22.4. The number of amides is 2. The fraction of sp³-hybridized carbons (Fsp3) is 0.333. The first-order valence-corrected chi connectivity index (χ1v) is 5.30. The first-order chi connectivity index (χ1) is 8.03. The van der Waals surface area contributed by atoms with Crippen LogP contribution in [0, 0.1) is 0 Å². The van der Waals surface area contributed by atoms with Crippen LogP contribution in [0.4, 0.5) is 0 Å². The highest BCUT2D eigenvalue weighted by Crippen LogP contribution is 2.29. The smallest absolute Gasteiger partial charge is 0.254 e. The molecule has 0 spiro atoms. The lowest BCUT2D eigenvalue weighted by Gasteiger charge is -2.29. The van der Waals surface area contributed by atoms with Gasteiger partial charge < -0.3 is 16.2 Å². The fourth-order valence-corrected chi connectivity index (χ4v) is 1.68. The van der Waals surface area contributed by atoms with Gasteiger partial charge in [0.15, 0.2) is 5.60 Å². The minimum absolute atomic E-state index is 0.333. The Bertz CT molecular complexity index is 405. The zero-order valence-electron chi connectivity index (χ0n) is 9.68. The quantitative estimate of drug-likeness (QED) is 0.742. The van der Waals surface area contributed by atoms with Crippen molar-refractivity contribution in [1.82, 2.24) is 0 Å². The highest BCUT2D eigenvalue weighted by atomic mass is 16.5. The van der Waals surface area contributed by atoms with Gasteiger partial charge in [-0.05, 0) is 12.0 Å². The van der Waals surface area contributed by atoms with E-state index in [9.17, 15) is 9.59 Å². The molecule has 1 aromatic carbocycles. The van der Waals surface area contributed by atoms with Crippen molar-refractivity contribution >= 4 is 11.8 Å². The Morgan fingerprint density at radius 2 is 1.82 bits per heavy atom. The van der Waals surface area contributed by atoms with Crippen LogP contribution in [-0.2, 0) is 19.9 Å². The summed E-state index contributed by atoms with van der Waals surface area (Å²) < 4.78 is 5.34. The van der Waals surface area contributed by atoms with Gasteiger partial charge in [0.1, 0.15) is 6.61 Å². The molecule has 1 aromatic rings. The molecule has 0 aliphatic carbocycles. The maximum Gasteiger partial charge on any atom is 0.254 e. The second kappa shape index (κ2) is 5.45. The van der Waals surface area contributed by atoms with Gasteiger partial charge in [0.25, 0.3) is 5.91 Å². The van der Waals surface area contributed by atoms with Gasteiger partial charge in [-0.1, -0.05) is 37.3 Å². The van der Waals surface area contributed by atoms with E-state index in [4.69, 9.17) is 16.2 Å². The van der Waals surface area contributed by atoms with Gasteiger partial charge in [-0.3, -0.25) is 9.59 Å². The van der Waals surface area contributed by atoms with Gasteiger partial charge >= 0.3 is 0 Å². The fourth-order valence-electron chi connectivity index (χ4n) is 1.68. The Labute approximate surface area is 99.7 Å². The molecule has 1 unspecified atom stereocenters. The van der Waals surface area contributed by atoms with Crippen molar-refractivity contribution in [3.8, 4) is 0 Å². The van der Waals surface area contributed by atoms with Gasteiger partial charge in [0.2, 0.25) is 5.91 Å². The average molecular weight is 236 g/mol. The third-order valence-corrected chi connectivity index (χ3v) is 2.60. The first kappa shape index (κ1) is 13.2. The maximum atomic E-state index is 11.6. The van der Waals surface area contributed by atoms with Crippen LogP contribution < -0.4 is 11.5 Å². The number of nitrogens with two attached hydrogens (primary N) is 2.